The van der Waals surface area contributed by atoms with Crippen molar-refractivity contribution in [3.63, 3.8) is 0 Å². The second-order valence-corrected chi connectivity index (χ2v) is 8.23. The van der Waals surface area contributed by atoms with Crippen molar-refractivity contribution in [1.29, 1.82) is 0 Å². The molecule has 0 saturated heterocycles. The van der Waals surface area contributed by atoms with Crippen LogP contribution in [0, 0.1) is 0 Å². The van der Waals surface area contributed by atoms with Gasteiger partial charge in [-0.05, 0) is 45.0 Å². The fourth-order valence-corrected chi connectivity index (χ4v) is 3.00. The van der Waals surface area contributed by atoms with Gasteiger partial charge in [0.25, 0.3) is 6.23 Å². The maximum atomic E-state index is 13.0. The van der Waals surface area contributed by atoms with Crippen LogP contribution in [-0.4, -0.2) is 36.6 Å². The molecule has 1 atom stereocenters. The van der Waals surface area contributed by atoms with Crippen LogP contribution < -0.4 is 4.74 Å². The first-order chi connectivity index (χ1) is 15.8. The maximum absolute atomic E-state index is 13.0. The highest BCUT2D eigenvalue weighted by Crippen LogP contribution is 2.18. The topological polar surface area (TPSA) is 74.2 Å². The van der Waals surface area contributed by atoms with Gasteiger partial charge in [-0.2, -0.15) is 0 Å². The summed E-state index contributed by atoms with van der Waals surface area (Å²) < 4.78 is 16.2. The van der Waals surface area contributed by atoms with Crippen LogP contribution in [0.2, 0.25) is 0 Å². The highest BCUT2D eigenvalue weighted by Gasteiger charge is 2.29. The van der Waals surface area contributed by atoms with E-state index >= 15 is 0 Å². The van der Waals surface area contributed by atoms with Gasteiger partial charge in [0.05, 0.1) is 18.4 Å². The number of carbonyl (C=O) groups excluding carboxylic acids is 2. The molecule has 0 aromatic heterocycles. The van der Waals surface area contributed by atoms with Crippen molar-refractivity contribution in [3.8, 4) is 5.75 Å². The minimum absolute atomic E-state index is 0.264. The van der Waals surface area contributed by atoms with Crippen LogP contribution in [0.5, 0.6) is 5.75 Å². The molecule has 0 fully saturated rings. The van der Waals surface area contributed by atoms with E-state index in [1.54, 1.807) is 45.0 Å². The molecule has 0 radical (unpaired) electrons. The highest BCUT2D eigenvalue weighted by molar-refractivity contribution is 6.13. The van der Waals surface area contributed by atoms with Gasteiger partial charge in [-0.1, -0.05) is 60.7 Å². The van der Waals surface area contributed by atoms with Crippen LogP contribution in [0.25, 0.3) is 0 Å². The van der Waals surface area contributed by atoms with Gasteiger partial charge in [-0.3, -0.25) is 0 Å². The lowest BCUT2D eigenvalue weighted by Crippen LogP contribution is -2.34. The van der Waals surface area contributed by atoms with Crippen LogP contribution in [0.15, 0.2) is 89.9 Å². The highest BCUT2D eigenvalue weighted by atomic mass is 16.6. The van der Waals surface area contributed by atoms with E-state index in [4.69, 9.17) is 14.2 Å². The van der Waals surface area contributed by atoms with E-state index in [0.29, 0.717) is 11.5 Å². The lowest BCUT2D eigenvalue weighted by molar-refractivity contribution is -0.164. The zero-order valence-electron chi connectivity index (χ0n) is 19.1. The fourth-order valence-electron chi connectivity index (χ4n) is 3.00. The van der Waals surface area contributed by atoms with Crippen molar-refractivity contribution in [2.45, 2.75) is 32.6 Å². The van der Waals surface area contributed by atoms with Gasteiger partial charge in [-0.15, -0.1) is 0 Å². The third kappa shape index (κ3) is 6.77. The van der Waals surface area contributed by atoms with Crippen molar-refractivity contribution in [3.05, 3.63) is 102 Å². The predicted octanol–water partition coefficient (Wildman–Crippen LogP) is 5.06. The van der Waals surface area contributed by atoms with Crippen LogP contribution in [0.4, 0.5) is 0 Å². The summed E-state index contributed by atoms with van der Waals surface area (Å²) >= 11 is 0. The largest absolute Gasteiger partial charge is 0.497 e. The summed E-state index contributed by atoms with van der Waals surface area (Å²) in [6, 6.07) is 25.2. The number of esters is 2. The van der Waals surface area contributed by atoms with Gasteiger partial charge in [0.15, 0.2) is 0 Å². The van der Waals surface area contributed by atoms with Crippen molar-refractivity contribution < 1.29 is 23.8 Å². The first-order valence-corrected chi connectivity index (χ1v) is 10.5. The van der Waals surface area contributed by atoms with Gasteiger partial charge in [0, 0.05) is 11.1 Å². The average molecular weight is 446 g/mol. The number of hydrogen-bond donors (Lipinski definition) is 0. The molecule has 33 heavy (non-hydrogen) atoms. The molecular weight excluding hydrogens is 418 g/mol. The molecule has 0 aliphatic carbocycles. The molecule has 0 aliphatic rings. The molecule has 0 spiro atoms. The Morgan fingerprint density at radius 3 is 1.73 bits per heavy atom. The molecule has 6 nitrogen and oxygen atoms in total. The minimum Gasteiger partial charge on any atom is -0.497 e. The summed E-state index contributed by atoms with van der Waals surface area (Å²) in [5, 5.41) is 0. The monoisotopic (exact) mass is 445 g/mol. The molecule has 0 aliphatic heterocycles. The molecule has 0 N–H and O–H groups in total. The number of carbonyl (C=O) groups is 2. The van der Waals surface area contributed by atoms with Gasteiger partial charge in [0.1, 0.15) is 11.4 Å². The van der Waals surface area contributed by atoms with E-state index in [9.17, 15) is 9.59 Å². The summed E-state index contributed by atoms with van der Waals surface area (Å²) in [6.45, 7) is 5.23. The molecule has 6 heteroatoms. The number of aliphatic imine (C=N–C) groups is 1. The Morgan fingerprint density at radius 2 is 1.27 bits per heavy atom. The van der Waals surface area contributed by atoms with Crippen LogP contribution >= 0.6 is 0 Å². The Bertz CT molecular complexity index is 1060. The number of rotatable bonds is 7. The molecule has 0 bridgehead atoms. The first-order valence-electron chi connectivity index (χ1n) is 10.5. The Morgan fingerprint density at radius 1 is 0.758 bits per heavy atom. The van der Waals surface area contributed by atoms with E-state index < -0.39 is 23.8 Å². The molecule has 170 valence electrons. The molecule has 3 rings (SSSR count). The number of ether oxygens (including phenoxy) is 3. The average Bonchev–Trinajstić information content (AvgIpc) is 2.81. The second kappa shape index (κ2) is 10.6. The fraction of sp³-hybridized carbons (Fsp3) is 0.222. The van der Waals surface area contributed by atoms with Gasteiger partial charge in [-0.25, -0.2) is 14.6 Å². The van der Waals surface area contributed by atoms with E-state index in [0.717, 1.165) is 11.1 Å². The van der Waals surface area contributed by atoms with Crippen molar-refractivity contribution in [2.75, 3.05) is 7.11 Å². The smallest absolute Gasteiger partial charge is 0.371 e. The van der Waals surface area contributed by atoms with Crippen LogP contribution in [0.1, 0.15) is 42.3 Å². The van der Waals surface area contributed by atoms with Crippen LogP contribution in [0.3, 0.4) is 0 Å². The quantitative estimate of drug-likeness (QED) is 0.376. The van der Waals surface area contributed by atoms with E-state index in [1.165, 1.54) is 7.11 Å². The van der Waals surface area contributed by atoms with E-state index in [1.807, 2.05) is 60.7 Å². The summed E-state index contributed by atoms with van der Waals surface area (Å²) in [5.41, 5.74) is 1.54. The van der Waals surface area contributed by atoms with E-state index in [2.05, 4.69) is 4.99 Å². The molecule has 1 unspecified atom stereocenters. The van der Waals surface area contributed by atoms with E-state index in [-0.39, 0.29) is 5.56 Å². The molecule has 0 saturated carbocycles. The lowest BCUT2D eigenvalue weighted by atomic mass is 10.0. The number of hydrogen-bond acceptors (Lipinski definition) is 6. The maximum Gasteiger partial charge on any atom is 0.371 e. The third-order valence-corrected chi connectivity index (χ3v) is 4.49. The Balaban J connectivity index is 2.01. The first kappa shape index (κ1) is 23.7. The van der Waals surface area contributed by atoms with Gasteiger partial charge in [0.2, 0.25) is 0 Å². The molecule has 3 aromatic rings. The van der Waals surface area contributed by atoms with Crippen LogP contribution in [-0.2, 0) is 14.3 Å². The summed E-state index contributed by atoms with van der Waals surface area (Å²) in [6.07, 6.45) is -1.49. The number of methoxy groups -OCH3 is 1. The van der Waals surface area contributed by atoms with Crippen molar-refractivity contribution >= 4 is 17.7 Å². The van der Waals surface area contributed by atoms with Crippen molar-refractivity contribution in [2.24, 2.45) is 4.99 Å². The van der Waals surface area contributed by atoms with Gasteiger partial charge >= 0.3 is 11.9 Å². The standard InChI is InChI=1S/C27H27NO5/c1-27(2,3)33-26(30)24(32-25(29)21-15-17-22(31-4)18-16-21)28-23(19-11-7-5-8-12-19)20-13-9-6-10-14-20/h5-18,24H,1-4H3. The normalized spacial score (nSPS) is 11.8. The van der Waals surface area contributed by atoms with Crippen molar-refractivity contribution in [1.82, 2.24) is 0 Å². The predicted molar refractivity (Wildman–Crippen MR) is 127 cm³/mol. The molecule has 0 heterocycles. The summed E-state index contributed by atoms with van der Waals surface area (Å²) in [7, 11) is 1.54. The Labute approximate surface area is 193 Å². The minimum atomic E-state index is -1.49. The summed E-state index contributed by atoms with van der Waals surface area (Å²) in [4.78, 5) is 30.4. The Hall–Kier alpha value is -3.93. The number of benzene rings is 3. The Kier molecular flexibility index (Phi) is 7.61. The second-order valence-electron chi connectivity index (χ2n) is 8.23. The molecule has 3 aromatic carbocycles. The SMILES string of the molecule is COc1ccc(C(=O)OC(N=C(c2ccccc2)c2ccccc2)C(=O)OC(C)(C)C)cc1. The molecule has 0 amide bonds. The lowest BCUT2D eigenvalue weighted by Gasteiger charge is -2.23. The number of nitrogens with zero attached hydrogens (tertiary/aromatic N) is 1. The third-order valence-electron chi connectivity index (χ3n) is 4.49. The van der Waals surface area contributed by atoms with Gasteiger partial charge < -0.3 is 14.2 Å². The zero-order chi connectivity index (χ0) is 23.8. The molecular formula is C27H27NO5. The zero-order valence-corrected chi connectivity index (χ0v) is 19.1. The summed E-state index contributed by atoms with van der Waals surface area (Å²) in [5.74, 6) is -0.852.